The summed E-state index contributed by atoms with van der Waals surface area (Å²) in [6.07, 6.45) is 5.61. The highest BCUT2D eigenvalue weighted by Crippen LogP contribution is 2.25. The molecule has 0 saturated carbocycles. The Morgan fingerprint density at radius 2 is 1.93 bits per heavy atom. The van der Waals surface area contributed by atoms with Gasteiger partial charge in [-0.05, 0) is 25.8 Å². The molecule has 0 saturated heterocycles. The van der Waals surface area contributed by atoms with Crippen LogP contribution in [-0.4, -0.2) is 5.54 Å². The number of rotatable bonds is 1. The van der Waals surface area contributed by atoms with Crippen LogP contribution in [0.1, 0.15) is 31.9 Å². The van der Waals surface area contributed by atoms with Gasteiger partial charge in [-0.15, -0.1) is 0 Å². The first kappa shape index (κ1) is 9.47. The topological polar surface area (TPSA) is 12.0 Å². The third-order valence-electron chi connectivity index (χ3n) is 2.65. The van der Waals surface area contributed by atoms with Crippen molar-refractivity contribution in [1.29, 1.82) is 0 Å². The normalized spacial score (nSPS) is 24.9. The van der Waals surface area contributed by atoms with Crippen molar-refractivity contribution >= 4 is 0 Å². The van der Waals surface area contributed by atoms with Gasteiger partial charge in [0.15, 0.2) is 0 Å². The summed E-state index contributed by atoms with van der Waals surface area (Å²) in [6.45, 7) is 4.41. The predicted molar refractivity (Wildman–Crippen MR) is 60.2 cm³/mol. The van der Waals surface area contributed by atoms with Gasteiger partial charge in [0.2, 0.25) is 0 Å². The SMILES string of the molecule is CC1(C)C=CCC(c2ccccc2)N1. The van der Waals surface area contributed by atoms with Gasteiger partial charge >= 0.3 is 0 Å². The highest BCUT2D eigenvalue weighted by atomic mass is 15.0. The summed E-state index contributed by atoms with van der Waals surface area (Å²) in [5.41, 5.74) is 1.50. The van der Waals surface area contributed by atoms with Crippen molar-refractivity contribution in [3.05, 3.63) is 48.0 Å². The maximum atomic E-state index is 3.62. The van der Waals surface area contributed by atoms with Crippen LogP contribution in [0.15, 0.2) is 42.5 Å². The second-order valence-electron chi connectivity index (χ2n) is 4.47. The average Bonchev–Trinajstić information content (AvgIpc) is 2.18. The summed E-state index contributed by atoms with van der Waals surface area (Å²) in [5.74, 6) is 0. The molecular formula is C13H17N. The van der Waals surface area contributed by atoms with E-state index in [1.807, 2.05) is 0 Å². The summed E-state index contributed by atoms with van der Waals surface area (Å²) in [6, 6.07) is 11.1. The Morgan fingerprint density at radius 1 is 1.21 bits per heavy atom. The Balaban J connectivity index is 2.19. The van der Waals surface area contributed by atoms with Crippen molar-refractivity contribution in [1.82, 2.24) is 5.32 Å². The van der Waals surface area contributed by atoms with E-state index in [4.69, 9.17) is 0 Å². The summed E-state index contributed by atoms with van der Waals surface area (Å²) >= 11 is 0. The molecule has 0 radical (unpaired) electrons. The first-order chi connectivity index (χ1) is 6.67. The second-order valence-corrected chi connectivity index (χ2v) is 4.47. The Bertz CT molecular complexity index is 324. The molecule has 1 aliphatic rings. The van der Waals surface area contributed by atoms with Crippen LogP contribution in [0.2, 0.25) is 0 Å². The molecule has 2 rings (SSSR count). The van der Waals surface area contributed by atoms with Crippen LogP contribution in [0.5, 0.6) is 0 Å². The highest BCUT2D eigenvalue weighted by molar-refractivity contribution is 5.23. The minimum absolute atomic E-state index is 0.124. The molecule has 0 spiro atoms. The Labute approximate surface area is 85.8 Å². The van der Waals surface area contributed by atoms with E-state index in [-0.39, 0.29) is 5.54 Å². The molecule has 0 amide bonds. The van der Waals surface area contributed by atoms with Gasteiger partial charge in [-0.3, -0.25) is 0 Å². The maximum Gasteiger partial charge on any atom is 0.0362 e. The molecule has 0 fully saturated rings. The molecule has 0 aromatic heterocycles. The molecule has 74 valence electrons. The van der Waals surface area contributed by atoms with Gasteiger partial charge in [-0.2, -0.15) is 0 Å². The van der Waals surface area contributed by atoms with Gasteiger partial charge in [-0.25, -0.2) is 0 Å². The van der Waals surface area contributed by atoms with E-state index < -0.39 is 0 Å². The van der Waals surface area contributed by atoms with Crippen LogP contribution in [-0.2, 0) is 0 Å². The van der Waals surface area contributed by atoms with E-state index in [1.54, 1.807) is 0 Å². The van der Waals surface area contributed by atoms with E-state index in [2.05, 4.69) is 61.6 Å². The van der Waals surface area contributed by atoms with Crippen molar-refractivity contribution < 1.29 is 0 Å². The average molecular weight is 187 g/mol. The molecule has 1 aliphatic heterocycles. The van der Waals surface area contributed by atoms with Gasteiger partial charge in [0, 0.05) is 11.6 Å². The van der Waals surface area contributed by atoms with Crippen LogP contribution < -0.4 is 5.32 Å². The Kier molecular flexibility index (Phi) is 2.42. The second kappa shape index (κ2) is 3.58. The zero-order valence-electron chi connectivity index (χ0n) is 8.83. The van der Waals surface area contributed by atoms with Gasteiger partial charge in [0.1, 0.15) is 0 Å². The lowest BCUT2D eigenvalue weighted by Crippen LogP contribution is -2.42. The first-order valence-electron chi connectivity index (χ1n) is 5.18. The summed E-state index contributed by atoms with van der Waals surface area (Å²) < 4.78 is 0. The van der Waals surface area contributed by atoms with E-state index in [0.717, 1.165) is 6.42 Å². The smallest absolute Gasteiger partial charge is 0.0362 e. The molecule has 0 bridgehead atoms. The largest absolute Gasteiger partial charge is 0.301 e. The molecule has 1 N–H and O–H groups in total. The maximum absolute atomic E-state index is 3.62. The van der Waals surface area contributed by atoms with Gasteiger partial charge in [0.25, 0.3) is 0 Å². The number of hydrogen-bond donors (Lipinski definition) is 1. The van der Waals surface area contributed by atoms with E-state index in [9.17, 15) is 0 Å². The molecule has 1 unspecified atom stereocenters. The first-order valence-corrected chi connectivity index (χ1v) is 5.18. The molecule has 1 heteroatoms. The zero-order chi connectivity index (χ0) is 10.0. The van der Waals surface area contributed by atoms with E-state index in [0.29, 0.717) is 6.04 Å². The minimum Gasteiger partial charge on any atom is -0.301 e. The standard InChI is InChI=1S/C13H17N/c1-13(2)10-6-9-12(14-13)11-7-4-3-5-8-11/h3-8,10,12,14H,9H2,1-2H3. The Morgan fingerprint density at radius 3 is 2.57 bits per heavy atom. The van der Waals surface area contributed by atoms with Crippen molar-refractivity contribution in [2.75, 3.05) is 0 Å². The van der Waals surface area contributed by atoms with E-state index >= 15 is 0 Å². The lowest BCUT2D eigenvalue weighted by molar-refractivity contribution is 0.382. The minimum atomic E-state index is 0.124. The third-order valence-corrected chi connectivity index (χ3v) is 2.65. The van der Waals surface area contributed by atoms with Gasteiger partial charge in [0.05, 0.1) is 0 Å². The number of benzene rings is 1. The fourth-order valence-corrected chi connectivity index (χ4v) is 1.96. The predicted octanol–water partition coefficient (Wildman–Crippen LogP) is 3.06. The van der Waals surface area contributed by atoms with Crippen molar-refractivity contribution in [2.45, 2.75) is 31.8 Å². The van der Waals surface area contributed by atoms with E-state index in [1.165, 1.54) is 5.56 Å². The lowest BCUT2D eigenvalue weighted by Gasteiger charge is -2.33. The third kappa shape index (κ3) is 2.05. The van der Waals surface area contributed by atoms with Gasteiger partial charge in [-0.1, -0.05) is 42.5 Å². The number of hydrogen-bond acceptors (Lipinski definition) is 1. The lowest BCUT2D eigenvalue weighted by atomic mass is 9.92. The van der Waals surface area contributed by atoms with Crippen LogP contribution in [0.25, 0.3) is 0 Å². The molecule has 1 heterocycles. The van der Waals surface area contributed by atoms with Crippen molar-refractivity contribution in [3.8, 4) is 0 Å². The van der Waals surface area contributed by atoms with Crippen LogP contribution >= 0.6 is 0 Å². The van der Waals surface area contributed by atoms with Gasteiger partial charge < -0.3 is 5.32 Å². The van der Waals surface area contributed by atoms with Crippen LogP contribution in [0.4, 0.5) is 0 Å². The Hall–Kier alpha value is -1.08. The fraction of sp³-hybridized carbons (Fsp3) is 0.385. The molecule has 1 aromatic rings. The quantitative estimate of drug-likeness (QED) is 0.666. The molecule has 1 atom stereocenters. The van der Waals surface area contributed by atoms with Crippen molar-refractivity contribution in [2.24, 2.45) is 0 Å². The van der Waals surface area contributed by atoms with Crippen LogP contribution in [0.3, 0.4) is 0 Å². The number of nitrogens with one attached hydrogen (secondary N) is 1. The summed E-state index contributed by atoms with van der Waals surface area (Å²) in [7, 11) is 0. The summed E-state index contributed by atoms with van der Waals surface area (Å²) in [5, 5.41) is 3.62. The molecular weight excluding hydrogens is 170 g/mol. The molecule has 0 aliphatic carbocycles. The molecule has 1 nitrogen and oxygen atoms in total. The highest BCUT2D eigenvalue weighted by Gasteiger charge is 2.23. The summed E-state index contributed by atoms with van der Waals surface area (Å²) in [4.78, 5) is 0. The fourth-order valence-electron chi connectivity index (χ4n) is 1.96. The zero-order valence-corrected chi connectivity index (χ0v) is 8.83. The molecule has 1 aromatic carbocycles. The van der Waals surface area contributed by atoms with Crippen molar-refractivity contribution in [3.63, 3.8) is 0 Å². The monoisotopic (exact) mass is 187 g/mol. The van der Waals surface area contributed by atoms with Crippen LogP contribution in [0, 0.1) is 0 Å². The molecule has 14 heavy (non-hydrogen) atoms.